The van der Waals surface area contributed by atoms with Crippen molar-refractivity contribution in [3.8, 4) is 5.75 Å². The predicted molar refractivity (Wildman–Crippen MR) is 136 cm³/mol. The first kappa shape index (κ1) is 24.5. The number of aliphatic hydroxyl groups is 1. The predicted octanol–water partition coefficient (Wildman–Crippen LogP) is 4.90. The van der Waals surface area contributed by atoms with Crippen molar-refractivity contribution in [3.05, 3.63) is 106 Å². The van der Waals surface area contributed by atoms with Gasteiger partial charge >= 0.3 is 0 Å². The first-order valence-corrected chi connectivity index (χ1v) is 11.7. The molecular formula is C28H27ClN2O4. The van der Waals surface area contributed by atoms with Crippen LogP contribution < -0.4 is 4.74 Å². The van der Waals surface area contributed by atoms with E-state index in [-0.39, 0.29) is 11.3 Å². The van der Waals surface area contributed by atoms with Gasteiger partial charge in [0.15, 0.2) is 0 Å². The van der Waals surface area contributed by atoms with E-state index in [0.717, 1.165) is 5.56 Å². The number of benzene rings is 3. The Bertz CT molecular complexity index is 1240. The van der Waals surface area contributed by atoms with E-state index >= 15 is 0 Å². The van der Waals surface area contributed by atoms with Crippen LogP contribution in [-0.4, -0.2) is 53.8 Å². The van der Waals surface area contributed by atoms with Crippen molar-refractivity contribution in [2.24, 2.45) is 0 Å². The van der Waals surface area contributed by atoms with Gasteiger partial charge in [-0.15, -0.1) is 0 Å². The number of carbonyl (C=O) groups is 2. The van der Waals surface area contributed by atoms with E-state index in [0.29, 0.717) is 41.6 Å². The van der Waals surface area contributed by atoms with Crippen molar-refractivity contribution >= 4 is 29.1 Å². The number of ether oxygens (including phenoxy) is 1. The van der Waals surface area contributed by atoms with E-state index in [1.807, 2.05) is 73.6 Å². The zero-order valence-electron chi connectivity index (χ0n) is 19.6. The van der Waals surface area contributed by atoms with Crippen molar-refractivity contribution in [3.63, 3.8) is 0 Å². The minimum atomic E-state index is -0.745. The molecule has 6 nitrogen and oxygen atoms in total. The van der Waals surface area contributed by atoms with Gasteiger partial charge in [-0.2, -0.15) is 0 Å². The number of hydrogen-bond acceptors (Lipinski definition) is 5. The second kappa shape index (κ2) is 10.8. The lowest BCUT2D eigenvalue weighted by molar-refractivity contribution is -0.140. The second-order valence-electron chi connectivity index (χ2n) is 8.65. The Kier molecular flexibility index (Phi) is 7.54. The second-order valence-corrected chi connectivity index (χ2v) is 9.09. The summed E-state index contributed by atoms with van der Waals surface area (Å²) in [6.45, 7) is 1.28. The average molecular weight is 491 g/mol. The van der Waals surface area contributed by atoms with Crippen LogP contribution in [-0.2, 0) is 16.2 Å². The third-order valence-corrected chi connectivity index (χ3v) is 6.12. The monoisotopic (exact) mass is 490 g/mol. The topological polar surface area (TPSA) is 70.1 Å². The standard InChI is InChI=1S/C28H27ClN2O4/c1-30(2)15-16-31-25(21-9-6-10-23(17-21)35-18-19-7-4-3-5-8-19)24(27(33)28(31)34)26(32)20-11-13-22(29)14-12-20/h3-14,17,25,32H,15-16,18H2,1-2H3. The SMILES string of the molecule is CN(C)CCN1C(=O)C(=O)C(=C(O)c2ccc(Cl)cc2)C1c1cccc(OCc2ccccc2)c1. The van der Waals surface area contributed by atoms with E-state index < -0.39 is 17.7 Å². The number of halogens is 1. The maximum absolute atomic E-state index is 13.1. The molecule has 1 aliphatic rings. The molecule has 180 valence electrons. The van der Waals surface area contributed by atoms with Gasteiger partial charge < -0.3 is 19.6 Å². The molecule has 0 saturated carbocycles. The third kappa shape index (κ3) is 5.56. The number of rotatable bonds is 8. The fraction of sp³-hybridized carbons (Fsp3) is 0.214. The molecule has 1 amide bonds. The molecule has 1 heterocycles. The first-order valence-electron chi connectivity index (χ1n) is 11.3. The molecular weight excluding hydrogens is 464 g/mol. The van der Waals surface area contributed by atoms with Crippen LogP contribution in [0.25, 0.3) is 5.76 Å². The fourth-order valence-corrected chi connectivity index (χ4v) is 4.17. The Balaban J connectivity index is 1.73. The summed E-state index contributed by atoms with van der Waals surface area (Å²) in [4.78, 5) is 29.7. The summed E-state index contributed by atoms with van der Waals surface area (Å²) in [6.07, 6.45) is 0. The molecule has 1 N–H and O–H groups in total. The van der Waals surface area contributed by atoms with Gasteiger partial charge in [0, 0.05) is 23.7 Å². The Morgan fingerprint density at radius 2 is 1.71 bits per heavy atom. The van der Waals surface area contributed by atoms with Gasteiger partial charge in [-0.05, 0) is 61.6 Å². The van der Waals surface area contributed by atoms with Crippen LogP contribution in [0.5, 0.6) is 5.75 Å². The number of hydrogen-bond donors (Lipinski definition) is 1. The maximum atomic E-state index is 13.1. The fourth-order valence-electron chi connectivity index (χ4n) is 4.04. The lowest BCUT2D eigenvalue weighted by Gasteiger charge is -2.27. The van der Waals surface area contributed by atoms with Crippen LogP contribution in [0.1, 0.15) is 22.7 Å². The Labute approximate surface area is 210 Å². The van der Waals surface area contributed by atoms with Crippen LogP contribution >= 0.6 is 11.6 Å². The molecule has 0 aliphatic carbocycles. The van der Waals surface area contributed by atoms with Crippen molar-refractivity contribution < 1.29 is 19.4 Å². The molecule has 1 fully saturated rings. The Hall–Kier alpha value is -3.61. The summed E-state index contributed by atoms with van der Waals surface area (Å²) in [6, 6.07) is 22.9. The molecule has 1 unspecified atom stereocenters. The quantitative estimate of drug-likeness (QED) is 0.276. The van der Waals surface area contributed by atoms with Gasteiger partial charge in [0.25, 0.3) is 11.7 Å². The van der Waals surface area contributed by atoms with E-state index in [9.17, 15) is 14.7 Å². The first-order chi connectivity index (χ1) is 16.8. The molecule has 0 radical (unpaired) electrons. The average Bonchev–Trinajstić information content (AvgIpc) is 3.12. The van der Waals surface area contributed by atoms with Gasteiger partial charge in [0.2, 0.25) is 0 Å². The number of carbonyl (C=O) groups excluding carboxylic acids is 2. The van der Waals surface area contributed by atoms with Crippen LogP contribution in [0, 0.1) is 0 Å². The lowest BCUT2D eigenvalue weighted by atomic mass is 9.95. The smallest absolute Gasteiger partial charge is 0.295 e. The molecule has 0 bridgehead atoms. The Morgan fingerprint density at radius 3 is 2.40 bits per heavy atom. The van der Waals surface area contributed by atoms with E-state index in [4.69, 9.17) is 16.3 Å². The molecule has 0 spiro atoms. The van der Waals surface area contributed by atoms with Gasteiger partial charge in [-0.3, -0.25) is 9.59 Å². The number of likely N-dealkylation sites (N-methyl/N-ethyl adjacent to an activating group) is 1. The number of aliphatic hydroxyl groups excluding tert-OH is 1. The molecule has 7 heteroatoms. The number of ketones is 1. The highest BCUT2D eigenvalue weighted by Crippen LogP contribution is 2.40. The summed E-state index contributed by atoms with van der Waals surface area (Å²) >= 11 is 5.99. The molecule has 0 aromatic heterocycles. The van der Waals surface area contributed by atoms with Crippen molar-refractivity contribution in [2.75, 3.05) is 27.2 Å². The van der Waals surface area contributed by atoms with E-state index in [2.05, 4.69) is 0 Å². The van der Waals surface area contributed by atoms with Gasteiger partial charge in [-0.1, -0.05) is 54.1 Å². The van der Waals surface area contributed by atoms with Crippen LogP contribution in [0.2, 0.25) is 5.02 Å². The zero-order chi connectivity index (χ0) is 24.9. The summed E-state index contributed by atoms with van der Waals surface area (Å²) in [5.74, 6) is -0.969. The highest BCUT2D eigenvalue weighted by atomic mass is 35.5. The van der Waals surface area contributed by atoms with Crippen LogP contribution in [0.15, 0.2) is 84.4 Å². The van der Waals surface area contributed by atoms with Crippen molar-refractivity contribution in [2.45, 2.75) is 12.6 Å². The highest BCUT2D eigenvalue weighted by Gasteiger charge is 2.46. The van der Waals surface area contributed by atoms with E-state index in [1.54, 1.807) is 24.3 Å². The summed E-state index contributed by atoms with van der Waals surface area (Å²) in [7, 11) is 3.80. The van der Waals surface area contributed by atoms with Crippen LogP contribution in [0.4, 0.5) is 0 Å². The van der Waals surface area contributed by atoms with Crippen molar-refractivity contribution in [1.29, 1.82) is 0 Å². The molecule has 4 rings (SSSR count). The summed E-state index contributed by atoms with van der Waals surface area (Å²) < 4.78 is 5.98. The lowest BCUT2D eigenvalue weighted by Crippen LogP contribution is -2.35. The van der Waals surface area contributed by atoms with Crippen LogP contribution in [0.3, 0.4) is 0 Å². The number of likely N-dealkylation sites (tertiary alicyclic amines) is 1. The van der Waals surface area contributed by atoms with E-state index in [1.165, 1.54) is 4.90 Å². The molecule has 1 atom stereocenters. The molecule has 1 saturated heterocycles. The summed E-state index contributed by atoms with van der Waals surface area (Å²) in [5.41, 5.74) is 2.18. The molecule has 35 heavy (non-hydrogen) atoms. The maximum Gasteiger partial charge on any atom is 0.295 e. The highest BCUT2D eigenvalue weighted by molar-refractivity contribution is 6.46. The molecule has 1 aliphatic heterocycles. The minimum Gasteiger partial charge on any atom is -0.507 e. The molecule has 3 aromatic rings. The third-order valence-electron chi connectivity index (χ3n) is 5.87. The number of nitrogens with zero attached hydrogens (tertiary/aromatic N) is 2. The normalized spacial score (nSPS) is 17.3. The summed E-state index contributed by atoms with van der Waals surface area (Å²) in [5, 5.41) is 11.7. The number of amides is 1. The van der Waals surface area contributed by atoms with Gasteiger partial charge in [-0.25, -0.2) is 0 Å². The zero-order valence-corrected chi connectivity index (χ0v) is 20.4. The Morgan fingerprint density at radius 1 is 1.00 bits per heavy atom. The van der Waals surface area contributed by atoms with Gasteiger partial charge in [0.1, 0.15) is 18.1 Å². The minimum absolute atomic E-state index is 0.0521. The molecule has 3 aromatic carbocycles. The van der Waals surface area contributed by atoms with Crippen molar-refractivity contribution in [1.82, 2.24) is 9.80 Å². The largest absolute Gasteiger partial charge is 0.507 e. The van der Waals surface area contributed by atoms with Gasteiger partial charge in [0.05, 0.1) is 11.6 Å². The number of Topliss-reactive ketones (excluding diaryl/α,β-unsaturated/α-hetero) is 1.